The highest BCUT2D eigenvalue weighted by molar-refractivity contribution is 5.99. The molecule has 2 aromatic rings. The number of aromatic amines is 1. The van der Waals surface area contributed by atoms with Gasteiger partial charge >= 0.3 is 5.97 Å². The minimum atomic E-state index is -1.34. The average Bonchev–Trinajstić information content (AvgIpc) is 3.11. The number of nitrogens with zero attached hydrogens (tertiary/aromatic N) is 1. The van der Waals surface area contributed by atoms with Crippen LogP contribution in [-0.4, -0.2) is 64.4 Å². The fourth-order valence-corrected chi connectivity index (χ4v) is 3.60. The van der Waals surface area contributed by atoms with Crippen molar-refractivity contribution in [2.75, 3.05) is 19.0 Å². The number of carbonyl (C=O) groups excluding carboxylic acids is 2. The Morgan fingerprint density at radius 2 is 1.97 bits per heavy atom. The Morgan fingerprint density at radius 3 is 2.58 bits per heavy atom. The topological polar surface area (TPSA) is 138 Å². The Hall–Kier alpha value is -3.24. The molecule has 3 rings (SSSR count). The van der Waals surface area contributed by atoms with E-state index in [2.05, 4.69) is 10.3 Å². The molecule has 0 aliphatic carbocycles. The van der Waals surface area contributed by atoms with Crippen LogP contribution in [0.25, 0.3) is 10.9 Å². The van der Waals surface area contributed by atoms with Crippen LogP contribution in [0.15, 0.2) is 29.1 Å². The maximum absolute atomic E-state index is 12.9. The van der Waals surface area contributed by atoms with Crippen molar-refractivity contribution in [3.8, 4) is 0 Å². The summed E-state index contributed by atoms with van der Waals surface area (Å²) < 4.78 is 11.1. The number of nitrogens with one attached hydrogen (secondary N) is 2. The van der Waals surface area contributed by atoms with Crippen molar-refractivity contribution in [2.24, 2.45) is 0 Å². The molecule has 0 radical (unpaired) electrons. The lowest BCUT2D eigenvalue weighted by atomic mass is 10.1. The standard InChI is InChI=1S/C21H25N3O7/c1-11(25)24-10-14(31-21(2,3)30-4)9-17(24)19(27)22-13-5-6-16-12(7-13)8-15(20(28)29)18(26)23-16/h5-8,14,17H,9-10H2,1-4H3,(H,22,27)(H,23,26)(H,28,29). The fourth-order valence-electron chi connectivity index (χ4n) is 3.60. The zero-order chi connectivity index (χ0) is 22.9. The highest BCUT2D eigenvalue weighted by atomic mass is 16.7. The number of anilines is 1. The number of hydrogen-bond acceptors (Lipinski definition) is 6. The number of ether oxygens (including phenoxy) is 2. The number of methoxy groups -OCH3 is 1. The number of fused-ring (bicyclic) bond motifs is 1. The quantitative estimate of drug-likeness (QED) is 0.590. The molecule has 1 saturated heterocycles. The summed E-state index contributed by atoms with van der Waals surface area (Å²) in [6.45, 7) is 5.16. The van der Waals surface area contributed by atoms with Crippen molar-refractivity contribution in [1.82, 2.24) is 9.88 Å². The van der Waals surface area contributed by atoms with Crippen molar-refractivity contribution in [1.29, 1.82) is 0 Å². The monoisotopic (exact) mass is 431 g/mol. The molecule has 10 heteroatoms. The molecular weight excluding hydrogens is 406 g/mol. The summed E-state index contributed by atoms with van der Waals surface area (Å²) in [4.78, 5) is 52.0. The number of pyridine rings is 1. The van der Waals surface area contributed by atoms with E-state index in [9.17, 15) is 19.2 Å². The van der Waals surface area contributed by atoms with Crippen LogP contribution < -0.4 is 10.9 Å². The van der Waals surface area contributed by atoms with E-state index in [0.29, 0.717) is 23.0 Å². The second-order valence-electron chi connectivity index (χ2n) is 7.88. The first-order valence-corrected chi connectivity index (χ1v) is 9.72. The first kappa shape index (κ1) is 22.4. The predicted octanol–water partition coefficient (Wildman–Crippen LogP) is 1.55. The van der Waals surface area contributed by atoms with Gasteiger partial charge in [-0.2, -0.15) is 0 Å². The van der Waals surface area contributed by atoms with Crippen LogP contribution in [0, 0.1) is 0 Å². The van der Waals surface area contributed by atoms with Gasteiger partial charge in [0.15, 0.2) is 5.79 Å². The molecule has 1 aromatic carbocycles. The van der Waals surface area contributed by atoms with Gasteiger partial charge in [-0.25, -0.2) is 4.79 Å². The summed E-state index contributed by atoms with van der Waals surface area (Å²) in [7, 11) is 1.52. The number of carboxylic acid groups (broad SMARTS) is 1. The number of benzene rings is 1. The second kappa shape index (κ2) is 8.48. The van der Waals surface area contributed by atoms with E-state index in [4.69, 9.17) is 14.6 Å². The van der Waals surface area contributed by atoms with E-state index in [1.165, 1.54) is 25.0 Å². The molecule has 0 bridgehead atoms. The number of aromatic carboxylic acids is 1. The SMILES string of the molecule is COC(C)(C)OC1CC(C(=O)Nc2ccc3[nH]c(=O)c(C(=O)O)cc3c2)N(C(C)=O)C1. The van der Waals surface area contributed by atoms with Gasteiger partial charge in [-0.15, -0.1) is 0 Å². The third kappa shape index (κ3) is 4.92. The molecule has 2 heterocycles. The summed E-state index contributed by atoms with van der Waals surface area (Å²) >= 11 is 0. The van der Waals surface area contributed by atoms with E-state index >= 15 is 0 Å². The van der Waals surface area contributed by atoms with Crippen molar-refractivity contribution < 1.29 is 29.0 Å². The van der Waals surface area contributed by atoms with Crippen LogP contribution in [0.2, 0.25) is 0 Å². The molecule has 0 saturated carbocycles. The van der Waals surface area contributed by atoms with E-state index in [0.717, 1.165) is 0 Å². The lowest BCUT2D eigenvalue weighted by Crippen LogP contribution is -2.42. The maximum Gasteiger partial charge on any atom is 0.341 e. The Kier molecular flexibility index (Phi) is 6.14. The van der Waals surface area contributed by atoms with Crippen LogP contribution in [0.1, 0.15) is 37.6 Å². The summed E-state index contributed by atoms with van der Waals surface area (Å²) in [5, 5.41) is 12.4. The van der Waals surface area contributed by atoms with Gasteiger partial charge < -0.3 is 29.8 Å². The van der Waals surface area contributed by atoms with E-state index in [1.54, 1.807) is 32.0 Å². The number of likely N-dealkylation sites (tertiary alicyclic amines) is 1. The first-order valence-electron chi connectivity index (χ1n) is 9.72. The molecule has 3 N–H and O–H groups in total. The summed E-state index contributed by atoms with van der Waals surface area (Å²) in [6.07, 6.45) is -0.0585. The molecule has 1 aliphatic heterocycles. The zero-order valence-corrected chi connectivity index (χ0v) is 17.7. The van der Waals surface area contributed by atoms with Crippen LogP contribution in [0.4, 0.5) is 5.69 Å². The molecule has 31 heavy (non-hydrogen) atoms. The number of aromatic nitrogens is 1. The van der Waals surface area contributed by atoms with Crippen molar-refractivity contribution in [2.45, 2.75) is 45.1 Å². The molecule has 1 aliphatic rings. The normalized spacial score (nSPS) is 18.9. The zero-order valence-electron chi connectivity index (χ0n) is 17.7. The van der Waals surface area contributed by atoms with Crippen molar-refractivity contribution in [3.63, 3.8) is 0 Å². The third-order valence-electron chi connectivity index (χ3n) is 5.25. The summed E-state index contributed by atoms with van der Waals surface area (Å²) in [6, 6.07) is 5.25. The maximum atomic E-state index is 12.9. The lowest BCUT2D eigenvalue weighted by molar-refractivity contribution is -0.220. The average molecular weight is 431 g/mol. The molecule has 166 valence electrons. The lowest BCUT2D eigenvalue weighted by Gasteiger charge is -2.27. The van der Waals surface area contributed by atoms with Gasteiger partial charge in [-0.05, 0) is 38.1 Å². The minimum absolute atomic E-state index is 0.247. The van der Waals surface area contributed by atoms with Gasteiger partial charge in [-0.3, -0.25) is 14.4 Å². The number of carbonyl (C=O) groups is 3. The second-order valence-corrected chi connectivity index (χ2v) is 7.88. The van der Waals surface area contributed by atoms with Gasteiger partial charge in [-0.1, -0.05) is 0 Å². The van der Waals surface area contributed by atoms with Crippen molar-refractivity contribution in [3.05, 3.63) is 40.2 Å². The van der Waals surface area contributed by atoms with Crippen LogP contribution >= 0.6 is 0 Å². The minimum Gasteiger partial charge on any atom is -0.477 e. The van der Waals surface area contributed by atoms with Gasteiger partial charge in [0, 0.05) is 43.6 Å². The van der Waals surface area contributed by atoms with Gasteiger partial charge in [0.05, 0.1) is 6.10 Å². The van der Waals surface area contributed by atoms with E-state index in [1.807, 2.05) is 0 Å². The highest BCUT2D eigenvalue weighted by Gasteiger charge is 2.41. The summed E-state index contributed by atoms with van der Waals surface area (Å²) in [5.41, 5.74) is -0.249. The third-order valence-corrected chi connectivity index (χ3v) is 5.25. The Labute approximate surface area is 178 Å². The first-order chi connectivity index (χ1) is 14.5. The summed E-state index contributed by atoms with van der Waals surface area (Å²) in [5.74, 6) is -2.83. The molecule has 1 fully saturated rings. The van der Waals surface area contributed by atoms with Gasteiger partial charge in [0.25, 0.3) is 5.56 Å². The largest absolute Gasteiger partial charge is 0.477 e. The molecule has 2 atom stereocenters. The number of amides is 2. The number of carboxylic acids is 1. The van der Waals surface area contributed by atoms with Crippen LogP contribution in [0.3, 0.4) is 0 Å². The Morgan fingerprint density at radius 1 is 1.26 bits per heavy atom. The molecular formula is C21H25N3O7. The van der Waals surface area contributed by atoms with Crippen molar-refractivity contribution >= 4 is 34.4 Å². The smallest absolute Gasteiger partial charge is 0.341 e. The van der Waals surface area contributed by atoms with Gasteiger partial charge in [0.1, 0.15) is 11.6 Å². The molecule has 2 unspecified atom stereocenters. The number of rotatable bonds is 6. The Bertz CT molecular complexity index is 1090. The van der Waals surface area contributed by atoms with Crippen LogP contribution in [0.5, 0.6) is 0 Å². The van der Waals surface area contributed by atoms with Gasteiger partial charge in [0.2, 0.25) is 11.8 Å². The molecule has 2 amide bonds. The molecule has 1 aromatic heterocycles. The van der Waals surface area contributed by atoms with E-state index in [-0.39, 0.29) is 18.6 Å². The fraction of sp³-hybridized carbons (Fsp3) is 0.429. The predicted molar refractivity (Wildman–Crippen MR) is 112 cm³/mol. The molecule has 0 spiro atoms. The highest BCUT2D eigenvalue weighted by Crippen LogP contribution is 2.26. The Balaban J connectivity index is 1.81. The molecule has 10 nitrogen and oxygen atoms in total. The number of hydrogen-bond donors (Lipinski definition) is 3. The van der Waals surface area contributed by atoms with Crippen LogP contribution in [-0.2, 0) is 19.1 Å². The van der Waals surface area contributed by atoms with E-state index < -0.39 is 34.8 Å². The number of H-pyrrole nitrogens is 1.